The van der Waals surface area contributed by atoms with E-state index in [1.807, 2.05) is 6.07 Å². The largest absolute Gasteiger partial charge is 0.351 e. The highest BCUT2D eigenvalue weighted by Crippen LogP contribution is 2.20. The maximum absolute atomic E-state index is 12.5. The first kappa shape index (κ1) is 20.2. The van der Waals surface area contributed by atoms with Crippen molar-refractivity contribution in [2.75, 3.05) is 11.3 Å². The lowest BCUT2D eigenvalue weighted by molar-refractivity contribution is -0.122. The normalized spacial score (nSPS) is 16.5. The molecular formula is C18H22ClN3O3S. The molecule has 0 aromatic heterocycles. The molecule has 0 radical (unpaired) electrons. The molecule has 1 unspecified atom stereocenters. The van der Waals surface area contributed by atoms with Crippen molar-refractivity contribution in [2.45, 2.75) is 30.3 Å². The molecule has 6 nitrogen and oxygen atoms in total. The first-order valence-corrected chi connectivity index (χ1v) is 9.71. The predicted molar refractivity (Wildman–Crippen MR) is 104 cm³/mol. The molecule has 140 valence electrons. The van der Waals surface area contributed by atoms with Gasteiger partial charge in [-0.25, -0.2) is 8.42 Å². The molecule has 1 heterocycles. The van der Waals surface area contributed by atoms with Gasteiger partial charge in [-0.2, -0.15) is 0 Å². The van der Waals surface area contributed by atoms with Crippen LogP contribution in [-0.2, 0) is 21.4 Å². The van der Waals surface area contributed by atoms with Crippen LogP contribution in [-0.4, -0.2) is 26.9 Å². The zero-order valence-electron chi connectivity index (χ0n) is 14.1. The lowest BCUT2D eigenvalue weighted by Crippen LogP contribution is -2.40. The van der Waals surface area contributed by atoms with Gasteiger partial charge in [-0.05, 0) is 43.1 Å². The molecule has 2 aromatic carbocycles. The Labute approximate surface area is 159 Å². The average molecular weight is 396 g/mol. The van der Waals surface area contributed by atoms with Crippen LogP contribution in [0.2, 0.25) is 0 Å². The number of rotatable bonds is 6. The van der Waals surface area contributed by atoms with Crippen molar-refractivity contribution in [3.8, 4) is 0 Å². The first-order chi connectivity index (χ1) is 12.1. The SMILES string of the molecule is Cl.O=C(NCc1ccccc1NS(=O)(=O)c1ccccc1)C1CCCN1. The number of nitrogens with one attached hydrogen (secondary N) is 3. The van der Waals surface area contributed by atoms with E-state index in [9.17, 15) is 13.2 Å². The maximum atomic E-state index is 12.5. The fourth-order valence-corrected chi connectivity index (χ4v) is 3.91. The van der Waals surface area contributed by atoms with E-state index in [2.05, 4.69) is 15.4 Å². The van der Waals surface area contributed by atoms with Crippen LogP contribution in [0.25, 0.3) is 0 Å². The molecule has 0 bridgehead atoms. The number of sulfonamides is 1. The molecule has 0 aliphatic carbocycles. The fourth-order valence-electron chi connectivity index (χ4n) is 2.79. The quantitative estimate of drug-likeness (QED) is 0.700. The lowest BCUT2D eigenvalue weighted by Gasteiger charge is -2.15. The Morgan fingerprint density at radius 2 is 1.77 bits per heavy atom. The van der Waals surface area contributed by atoms with E-state index < -0.39 is 10.0 Å². The van der Waals surface area contributed by atoms with Crippen LogP contribution in [0.4, 0.5) is 5.69 Å². The highest BCUT2D eigenvalue weighted by molar-refractivity contribution is 7.92. The third-order valence-electron chi connectivity index (χ3n) is 4.15. The van der Waals surface area contributed by atoms with Crippen LogP contribution in [0.1, 0.15) is 18.4 Å². The Bertz CT molecular complexity index is 838. The van der Waals surface area contributed by atoms with Crippen LogP contribution in [0.3, 0.4) is 0 Å². The van der Waals surface area contributed by atoms with Crippen molar-refractivity contribution in [2.24, 2.45) is 0 Å². The lowest BCUT2D eigenvalue weighted by atomic mass is 10.1. The monoisotopic (exact) mass is 395 g/mol. The zero-order valence-corrected chi connectivity index (χ0v) is 15.8. The molecule has 2 aromatic rings. The van der Waals surface area contributed by atoms with Crippen molar-refractivity contribution >= 4 is 34.0 Å². The minimum absolute atomic E-state index is 0. The summed E-state index contributed by atoms with van der Waals surface area (Å²) in [7, 11) is -3.67. The van der Waals surface area contributed by atoms with E-state index in [1.165, 1.54) is 0 Å². The smallest absolute Gasteiger partial charge is 0.261 e. The van der Waals surface area contributed by atoms with Gasteiger partial charge in [-0.15, -0.1) is 12.4 Å². The highest BCUT2D eigenvalue weighted by atomic mass is 35.5. The van der Waals surface area contributed by atoms with E-state index in [4.69, 9.17) is 0 Å². The molecule has 1 aliphatic heterocycles. The summed E-state index contributed by atoms with van der Waals surface area (Å²) in [5, 5.41) is 6.01. The van der Waals surface area contributed by atoms with Gasteiger partial charge in [-0.3, -0.25) is 9.52 Å². The van der Waals surface area contributed by atoms with Crippen molar-refractivity contribution < 1.29 is 13.2 Å². The number of hydrogen-bond donors (Lipinski definition) is 3. The summed E-state index contributed by atoms with van der Waals surface area (Å²) in [5.74, 6) is -0.0572. The van der Waals surface area contributed by atoms with Crippen LogP contribution in [0, 0.1) is 0 Å². The fraction of sp³-hybridized carbons (Fsp3) is 0.278. The van der Waals surface area contributed by atoms with Crippen molar-refractivity contribution in [1.82, 2.24) is 10.6 Å². The number of benzene rings is 2. The molecule has 1 amide bonds. The Kier molecular flexibility index (Phi) is 7.02. The minimum atomic E-state index is -3.67. The second-order valence-corrected chi connectivity index (χ2v) is 7.62. The molecule has 1 fully saturated rings. The third kappa shape index (κ3) is 4.97. The molecule has 0 saturated carbocycles. The van der Waals surface area contributed by atoms with Gasteiger partial charge in [0.25, 0.3) is 10.0 Å². The topological polar surface area (TPSA) is 87.3 Å². The number of amides is 1. The highest BCUT2D eigenvalue weighted by Gasteiger charge is 2.22. The summed E-state index contributed by atoms with van der Waals surface area (Å²) in [6.07, 6.45) is 1.82. The number of para-hydroxylation sites is 1. The summed E-state index contributed by atoms with van der Waals surface area (Å²) >= 11 is 0. The molecule has 26 heavy (non-hydrogen) atoms. The second kappa shape index (κ2) is 9.02. The van der Waals surface area contributed by atoms with Crippen molar-refractivity contribution in [3.63, 3.8) is 0 Å². The molecule has 0 spiro atoms. The summed E-state index contributed by atoms with van der Waals surface area (Å²) < 4.78 is 27.6. The van der Waals surface area contributed by atoms with Gasteiger partial charge in [-0.1, -0.05) is 36.4 Å². The number of carbonyl (C=O) groups is 1. The molecule has 8 heteroatoms. The molecule has 1 saturated heterocycles. The van der Waals surface area contributed by atoms with Gasteiger partial charge >= 0.3 is 0 Å². The Hall–Kier alpha value is -2.09. The van der Waals surface area contributed by atoms with Gasteiger partial charge in [0.1, 0.15) is 0 Å². The van der Waals surface area contributed by atoms with Gasteiger partial charge in [0.05, 0.1) is 16.6 Å². The molecule has 1 aliphatic rings. The van der Waals surface area contributed by atoms with Gasteiger partial charge < -0.3 is 10.6 Å². The van der Waals surface area contributed by atoms with E-state index >= 15 is 0 Å². The zero-order chi connectivity index (χ0) is 17.7. The average Bonchev–Trinajstić information content (AvgIpc) is 3.16. The number of carbonyl (C=O) groups excluding carboxylic acids is 1. The standard InChI is InChI=1S/C18H21N3O3S.ClH/c22-18(17-11-6-12-19-17)20-13-14-7-4-5-10-16(14)21-25(23,24)15-8-2-1-3-9-15;/h1-5,7-10,17,19,21H,6,11-13H2,(H,20,22);1H. The molecule has 3 rings (SSSR count). The van der Waals surface area contributed by atoms with Crippen molar-refractivity contribution in [3.05, 3.63) is 60.2 Å². The number of anilines is 1. The minimum Gasteiger partial charge on any atom is -0.351 e. The Balaban J connectivity index is 0.00000243. The summed E-state index contributed by atoms with van der Waals surface area (Å²) in [4.78, 5) is 12.3. The van der Waals surface area contributed by atoms with Gasteiger partial charge in [0.15, 0.2) is 0 Å². The summed E-state index contributed by atoms with van der Waals surface area (Å²) in [5.41, 5.74) is 1.18. The number of halogens is 1. The molecule has 1 atom stereocenters. The van der Waals surface area contributed by atoms with Gasteiger partial charge in [0.2, 0.25) is 5.91 Å². The third-order valence-corrected chi connectivity index (χ3v) is 5.53. The molecule has 3 N–H and O–H groups in total. The van der Waals surface area contributed by atoms with Crippen molar-refractivity contribution in [1.29, 1.82) is 0 Å². The first-order valence-electron chi connectivity index (χ1n) is 8.23. The Morgan fingerprint density at radius 1 is 1.08 bits per heavy atom. The van der Waals surface area contributed by atoms with E-state index in [0.717, 1.165) is 19.4 Å². The number of hydrogen-bond acceptors (Lipinski definition) is 4. The van der Waals surface area contributed by atoms with Gasteiger partial charge in [0, 0.05) is 6.54 Å². The Morgan fingerprint density at radius 3 is 2.46 bits per heavy atom. The van der Waals surface area contributed by atoms with Crippen LogP contribution in [0.15, 0.2) is 59.5 Å². The second-order valence-electron chi connectivity index (χ2n) is 5.94. The van der Waals surface area contributed by atoms with Crippen LogP contribution >= 0.6 is 12.4 Å². The van der Waals surface area contributed by atoms with Crippen LogP contribution in [0.5, 0.6) is 0 Å². The van der Waals surface area contributed by atoms with Crippen LogP contribution < -0.4 is 15.4 Å². The predicted octanol–water partition coefficient (Wildman–Crippen LogP) is 2.28. The summed E-state index contributed by atoms with van der Waals surface area (Å²) in [6, 6.07) is 15.1. The van der Waals surface area contributed by atoms with E-state index in [1.54, 1.807) is 48.5 Å². The molecular weight excluding hydrogens is 374 g/mol. The summed E-state index contributed by atoms with van der Waals surface area (Å²) in [6.45, 7) is 1.12. The van der Waals surface area contributed by atoms with E-state index in [-0.39, 0.29) is 35.8 Å². The maximum Gasteiger partial charge on any atom is 0.261 e. The van der Waals surface area contributed by atoms with E-state index in [0.29, 0.717) is 11.3 Å².